The van der Waals surface area contributed by atoms with Gasteiger partial charge in [-0.3, -0.25) is 0 Å². The molecule has 0 aliphatic rings. The zero-order valence-corrected chi connectivity index (χ0v) is 26.1. The highest BCUT2D eigenvalue weighted by molar-refractivity contribution is 7.97. The Balaban J connectivity index is 0.000000217. The van der Waals surface area contributed by atoms with Gasteiger partial charge in [0.25, 0.3) is 0 Å². The zero-order valence-electron chi connectivity index (χ0n) is 24.4. The molecule has 0 heterocycles. The smallest absolute Gasteiger partial charge is 0.416 e. The molecule has 0 atom stereocenters. The van der Waals surface area contributed by atoms with Gasteiger partial charge < -0.3 is 9.29 Å². The summed E-state index contributed by atoms with van der Waals surface area (Å²) in [7, 11) is -4.35. The van der Waals surface area contributed by atoms with Crippen molar-refractivity contribution in [2.75, 3.05) is 0 Å². The Morgan fingerprint density at radius 1 is 0.568 bits per heavy atom. The number of rotatable bonds is 5. The van der Waals surface area contributed by atoms with E-state index in [-0.39, 0.29) is 21.4 Å². The first-order valence-electron chi connectivity index (χ1n) is 13.5. The van der Waals surface area contributed by atoms with E-state index in [1.807, 2.05) is 0 Å². The topological polar surface area (TPSA) is 66.4 Å². The Morgan fingerprint density at radius 3 is 1.25 bits per heavy atom. The van der Waals surface area contributed by atoms with Crippen LogP contribution >= 0.6 is 0 Å². The molecular formula is C35H33F3O4S2. The van der Waals surface area contributed by atoms with Crippen LogP contribution in [-0.2, 0) is 27.2 Å². The SMILES string of the molecule is CC(C)(C)Oc1ccc([S+](c2ccccc2)c2ccccc2)cc1.FC(F)(F)c1ccccc1.O=S(=O)([O-])c1ccccc1. The van der Waals surface area contributed by atoms with Crippen molar-refractivity contribution < 1.29 is 30.9 Å². The first-order valence-corrected chi connectivity index (χ1v) is 16.1. The molecule has 0 fully saturated rings. The minimum Gasteiger partial charge on any atom is -0.744 e. The molecule has 44 heavy (non-hydrogen) atoms. The van der Waals surface area contributed by atoms with Crippen LogP contribution in [0.15, 0.2) is 165 Å². The molecule has 9 heteroatoms. The third-order valence-corrected chi connectivity index (χ3v) is 8.65. The number of benzene rings is 5. The highest BCUT2D eigenvalue weighted by Crippen LogP contribution is 2.32. The molecule has 0 radical (unpaired) electrons. The zero-order chi connectivity index (χ0) is 32.2. The van der Waals surface area contributed by atoms with E-state index in [9.17, 15) is 26.1 Å². The van der Waals surface area contributed by atoms with Gasteiger partial charge in [-0.05, 0) is 81.4 Å². The molecule has 0 aliphatic carbocycles. The quantitative estimate of drug-likeness (QED) is 0.142. The lowest BCUT2D eigenvalue weighted by Crippen LogP contribution is -2.22. The summed E-state index contributed by atoms with van der Waals surface area (Å²) in [5.41, 5.74) is -0.780. The van der Waals surface area contributed by atoms with Crippen molar-refractivity contribution >= 4 is 21.0 Å². The lowest BCUT2D eigenvalue weighted by molar-refractivity contribution is -0.137. The lowest BCUT2D eigenvalue weighted by atomic mass is 10.2. The molecule has 0 N–H and O–H groups in total. The van der Waals surface area contributed by atoms with Crippen LogP contribution in [-0.4, -0.2) is 18.6 Å². The van der Waals surface area contributed by atoms with E-state index in [0.717, 1.165) is 17.9 Å². The van der Waals surface area contributed by atoms with Crippen LogP contribution < -0.4 is 4.74 Å². The first-order chi connectivity index (χ1) is 20.7. The van der Waals surface area contributed by atoms with Crippen LogP contribution in [0.2, 0.25) is 0 Å². The van der Waals surface area contributed by atoms with E-state index in [4.69, 9.17) is 4.74 Å². The average Bonchev–Trinajstić information content (AvgIpc) is 2.99. The number of alkyl halides is 3. The second kappa shape index (κ2) is 15.6. The number of hydrogen-bond donors (Lipinski definition) is 0. The van der Waals surface area contributed by atoms with Gasteiger partial charge in [0, 0.05) is 0 Å². The molecule has 5 aromatic rings. The standard InChI is InChI=1S/C22H23OS.C7H5F3.C6H6O3S/c1-22(2,3)23-18-14-16-21(17-15-18)24(19-10-6-4-7-11-19)20-12-8-5-9-13-20;8-7(9,10)6-4-2-1-3-5-6;7-10(8,9)6-4-2-1-3-5-6/h4-17H,1-3H3;1-5H;1-5H,(H,7,8,9)/q+1;;/p-1. The summed E-state index contributed by atoms with van der Waals surface area (Å²) in [6.07, 6.45) is -4.21. The molecular weight excluding hydrogens is 606 g/mol. The predicted octanol–water partition coefficient (Wildman–Crippen LogP) is 9.26. The molecule has 5 rings (SSSR count). The van der Waals surface area contributed by atoms with Gasteiger partial charge in [0.05, 0.1) is 21.4 Å². The highest BCUT2D eigenvalue weighted by atomic mass is 32.2. The van der Waals surface area contributed by atoms with Gasteiger partial charge in [-0.1, -0.05) is 84.9 Å². The Bertz CT molecular complexity index is 1600. The number of hydrogen-bond acceptors (Lipinski definition) is 4. The van der Waals surface area contributed by atoms with Crippen LogP contribution in [0.3, 0.4) is 0 Å². The molecule has 0 unspecified atom stereocenters. The average molecular weight is 639 g/mol. The molecule has 0 aromatic heterocycles. The van der Waals surface area contributed by atoms with Crippen molar-refractivity contribution in [2.24, 2.45) is 0 Å². The third-order valence-electron chi connectivity index (χ3n) is 5.57. The Labute approximate surface area is 260 Å². The number of halogens is 3. The van der Waals surface area contributed by atoms with E-state index >= 15 is 0 Å². The van der Waals surface area contributed by atoms with Crippen LogP contribution in [0.4, 0.5) is 13.2 Å². The highest BCUT2D eigenvalue weighted by Gasteiger charge is 2.30. The largest absolute Gasteiger partial charge is 0.744 e. The first kappa shape index (κ1) is 34.4. The van der Waals surface area contributed by atoms with Crippen LogP contribution in [0.25, 0.3) is 0 Å². The van der Waals surface area contributed by atoms with Crippen molar-refractivity contribution in [3.05, 3.63) is 151 Å². The summed E-state index contributed by atoms with van der Waals surface area (Å²) >= 11 is 0. The van der Waals surface area contributed by atoms with Crippen LogP contribution in [0.1, 0.15) is 26.3 Å². The van der Waals surface area contributed by atoms with E-state index in [1.165, 1.54) is 51.1 Å². The maximum atomic E-state index is 11.8. The van der Waals surface area contributed by atoms with Crippen molar-refractivity contribution in [1.82, 2.24) is 0 Å². The molecule has 4 nitrogen and oxygen atoms in total. The second-order valence-electron chi connectivity index (χ2n) is 10.2. The summed E-state index contributed by atoms with van der Waals surface area (Å²) in [5.74, 6) is 0.913. The fourth-order valence-electron chi connectivity index (χ4n) is 3.73. The summed E-state index contributed by atoms with van der Waals surface area (Å²) in [6.45, 7) is 6.21. The molecule has 5 aromatic carbocycles. The fraction of sp³-hybridized carbons (Fsp3) is 0.143. The van der Waals surface area contributed by atoms with Crippen LogP contribution in [0.5, 0.6) is 5.75 Å². The molecule has 0 aliphatic heterocycles. The minimum atomic E-state index is -4.25. The maximum absolute atomic E-state index is 11.8. The fourth-order valence-corrected chi connectivity index (χ4v) is 6.31. The maximum Gasteiger partial charge on any atom is 0.416 e. The van der Waals surface area contributed by atoms with Gasteiger partial charge >= 0.3 is 6.18 Å². The summed E-state index contributed by atoms with van der Waals surface area (Å²) in [4.78, 5) is 3.77. The summed E-state index contributed by atoms with van der Waals surface area (Å²) in [6, 6.07) is 43.4. The van der Waals surface area contributed by atoms with Gasteiger partial charge in [-0.2, -0.15) is 13.2 Å². The third kappa shape index (κ3) is 11.6. The Hall–Kier alpha value is -4.05. The van der Waals surface area contributed by atoms with Crippen LogP contribution in [0, 0.1) is 0 Å². The molecule has 0 saturated carbocycles. The second-order valence-corrected chi connectivity index (χ2v) is 13.7. The predicted molar refractivity (Wildman–Crippen MR) is 168 cm³/mol. The van der Waals surface area contributed by atoms with Gasteiger partial charge in [-0.15, -0.1) is 0 Å². The van der Waals surface area contributed by atoms with Crippen molar-refractivity contribution in [3.63, 3.8) is 0 Å². The van der Waals surface area contributed by atoms with E-state index in [2.05, 4.69) is 106 Å². The van der Waals surface area contributed by atoms with E-state index in [0.29, 0.717) is 0 Å². The summed E-state index contributed by atoms with van der Waals surface area (Å²) in [5, 5.41) is 0. The van der Waals surface area contributed by atoms with Gasteiger partial charge in [0.15, 0.2) is 14.7 Å². The van der Waals surface area contributed by atoms with Crippen molar-refractivity contribution in [2.45, 2.75) is 52.1 Å². The minimum absolute atomic E-state index is 0.102. The van der Waals surface area contributed by atoms with Crippen molar-refractivity contribution in [1.29, 1.82) is 0 Å². The lowest BCUT2D eigenvalue weighted by Gasteiger charge is -2.21. The van der Waals surface area contributed by atoms with E-state index < -0.39 is 21.9 Å². The monoisotopic (exact) mass is 638 g/mol. The molecule has 0 bridgehead atoms. The molecule has 0 amide bonds. The number of ether oxygens (including phenoxy) is 1. The molecule has 230 valence electrons. The molecule has 0 spiro atoms. The van der Waals surface area contributed by atoms with E-state index in [1.54, 1.807) is 12.1 Å². The Kier molecular flexibility index (Phi) is 12.2. The Morgan fingerprint density at radius 2 is 0.932 bits per heavy atom. The van der Waals surface area contributed by atoms with Gasteiger partial charge in [-0.25, -0.2) is 8.42 Å². The van der Waals surface area contributed by atoms with Gasteiger partial charge in [0.2, 0.25) is 0 Å². The normalized spacial score (nSPS) is 11.5. The summed E-state index contributed by atoms with van der Waals surface area (Å²) < 4.78 is 72.1. The van der Waals surface area contributed by atoms with Gasteiger partial charge in [0.1, 0.15) is 21.5 Å². The van der Waals surface area contributed by atoms with Crippen molar-refractivity contribution in [3.8, 4) is 5.75 Å². The molecule has 0 saturated heterocycles.